The largest absolute Gasteiger partial charge is 0.358 e. The Morgan fingerprint density at radius 1 is 1.53 bits per heavy atom. The number of carbonyl (C=O) groups excluding carboxylic acids is 1. The minimum absolute atomic E-state index is 0.0346. The van der Waals surface area contributed by atoms with E-state index in [2.05, 4.69) is 15.2 Å². The summed E-state index contributed by atoms with van der Waals surface area (Å²) < 4.78 is 0. The first-order valence-corrected chi connectivity index (χ1v) is 6.78. The van der Waals surface area contributed by atoms with Crippen LogP contribution in [0.2, 0.25) is 0 Å². The highest BCUT2D eigenvalue weighted by Gasteiger charge is 2.36. The summed E-state index contributed by atoms with van der Waals surface area (Å²) in [6.45, 7) is 2.90. The summed E-state index contributed by atoms with van der Waals surface area (Å²) in [5, 5.41) is 2.75. The van der Waals surface area contributed by atoms with Gasteiger partial charge < -0.3 is 11.1 Å². The predicted octanol–water partition coefficient (Wildman–Crippen LogP) is 0.680. The van der Waals surface area contributed by atoms with Gasteiger partial charge in [-0.3, -0.25) is 14.7 Å². The first-order chi connectivity index (χ1) is 9.15. The molecule has 0 spiro atoms. The maximum atomic E-state index is 12.0. The number of amides is 1. The molecule has 2 rings (SSSR count). The van der Waals surface area contributed by atoms with Crippen LogP contribution in [-0.2, 0) is 4.79 Å². The van der Waals surface area contributed by atoms with Crippen molar-refractivity contribution in [1.82, 2.24) is 15.2 Å². The third kappa shape index (κ3) is 2.93. The molecule has 0 bridgehead atoms. The SMILES string of the molecule is CNC(=O)C1CCCN1C(c1ccncc1)C(C)N. The van der Waals surface area contributed by atoms with Crippen molar-refractivity contribution in [2.24, 2.45) is 5.73 Å². The quantitative estimate of drug-likeness (QED) is 0.837. The van der Waals surface area contributed by atoms with E-state index in [0.29, 0.717) is 0 Å². The molecule has 1 saturated heterocycles. The summed E-state index contributed by atoms with van der Waals surface area (Å²) in [5.74, 6) is 0.0807. The van der Waals surface area contributed by atoms with Crippen molar-refractivity contribution in [3.05, 3.63) is 30.1 Å². The Kier molecular flexibility index (Phi) is 4.50. The van der Waals surface area contributed by atoms with Gasteiger partial charge in [-0.25, -0.2) is 0 Å². The molecule has 1 amide bonds. The van der Waals surface area contributed by atoms with E-state index in [1.165, 1.54) is 0 Å². The summed E-state index contributed by atoms with van der Waals surface area (Å²) in [4.78, 5) is 18.2. The van der Waals surface area contributed by atoms with Crippen LogP contribution in [-0.4, -0.2) is 41.5 Å². The maximum Gasteiger partial charge on any atom is 0.237 e. The zero-order valence-corrected chi connectivity index (χ0v) is 11.5. The lowest BCUT2D eigenvalue weighted by Crippen LogP contribution is -2.48. The van der Waals surface area contributed by atoms with Gasteiger partial charge in [-0.2, -0.15) is 0 Å². The number of likely N-dealkylation sites (tertiary alicyclic amines) is 1. The van der Waals surface area contributed by atoms with Crippen molar-refractivity contribution in [2.75, 3.05) is 13.6 Å². The summed E-state index contributed by atoms with van der Waals surface area (Å²) in [6, 6.07) is 3.91. The molecule has 0 aromatic carbocycles. The second-order valence-corrected chi connectivity index (χ2v) is 5.09. The van der Waals surface area contributed by atoms with Crippen LogP contribution >= 0.6 is 0 Å². The van der Waals surface area contributed by atoms with Gasteiger partial charge in [-0.05, 0) is 44.0 Å². The minimum Gasteiger partial charge on any atom is -0.358 e. The van der Waals surface area contributed by atoms with Crippen molar-refractivity contribution in [3.8, 4) is 0 Å². The fraction of sp³-hybridized carbons (Fsp3) is 0.571. The fourth-order valence-electron chi connectivity index (χ4n) is 2.93. The molecule has 104 valence electrons. The number of pyridine rings is 1. The number of aromatic nitrogens is 1. The van der Waals surface area contributed by atoms with Crippen molar-refractivity contribution in [3.63, 3.8) is 0 Å². The number of nitrogens with two attached hydrogens (primary N) is 1. The van der Waals surface area contributed by atoms with Crippen LogP contribution in [0.1, 0.15) is 31.4 Å². The van der Waals surface area contributed by atoms with Gasteiger partial charge in [0.25, 0.3) is 0 Å². The molecule has 0 aliphatic carbocycles. The van der Waals surface area contributed by atoms with Gasteiger partial charge in [0, 0.05) is 25.5 Å². The van der Waals surface area contributed by atoms with E-state index in [1.54, 1.807) is 19.4 Å². The van der Waals surface area contributed by atoms with Crippen LogP contribution in [0.5, 0.6) is 0 Å². The van der Waals surface area contributed by atoms with Crippen molar-refractivity contribution in [1.29, 1.82) is 0 Å². The van der Waals surface area contributed by atoms with Gasteiger partial charge >= 0.3 is 0 Å². The third-order valence-corrected chi connectivity index (χ3v) is 3.75. The van der Waals surface area contributed by atoms with Crippen LogP contribution in [0.4, 0.5) is 0 Å². The molecule has 0 radical (unpaired) electrons. The van der Waals surface area contributed by atoms with Crippen LogP contribution < -0.4 is 11.1 Å². The van der Waals surface area contributed by atoms with E-state index in [1.807, 2.05) is 19.1 Å². The lowest BCUT2D eigenvalue weighted by atomic mass is 9.99. The molecule has 5 nitrogen and oxygen atoms in total. The minimum atomic E-state index is -0.0748. The van der Waals surface area contributed by atoms with Crippen LogP contribution in [0.25, 0.3) is 0 Å². The van der Waals surface area contributed by atoms with Crippen molar-refractivity contribution >= 4 is 5.91 Å². The van der Waals surface area contributed by atoms with Crippen molar-refractivity contribution in [2.45, 2.75) is 37.9 Å². The summed E-state index contributed by atoms with van der Waals surface area (Å²) in [7, 11) is 1.69. The summed E-state index contributed by atoms with van der Waals surface area (Å²) in [6.07, 6.45) is 5.48. The molecule has 3 atom stereocenters. The van der Waals surface area contributed by atoms with E-state index in [9.17, 15) is 4.79 Å². The lowest BCUT2D eigenvalue weighted by molar-refractivity contribution is -0.125. The first-order valence-electron chi connectivity index (χ1n) is 6.78. The smallest absolute Gasteiger partial charge is 0.237 e. The number of hydrogen-bond acceptors (Lipinski definition) is 4. The van der Waals surface area contributed by atoms with E-state index < -0.39 is 0 Å². The highest BCUT2D eigenvalue weighted by atomic mass is 16.2. The fourth-order valence-corrected chi connectivity index (χ4v) is 2.93. The Morgan fingerprint density at radius 2 is 2.21 bits per heavy atom. The van der Waals surface area contributed by atoms with E-state index >= 15 is 0 Å². The van der Waals surface area contributed by atoms with Crippen LogP contribution in [0, 0.1) is 0 Å². The molecule has 3 N–H and O–H groups in total. The van der Waals surface area contributed by atoms with Gasteiger partial charge in [0.1, 0.15) is 0 Å². The third-order valence-electron chi connectivity index (χ3n) is 3.75. The van der Waals surface area contributed by atoms with E-state index in [0.717, 1.165) is 24.9 Å². The number of nitrogens with zero attached hydrogens (tertiary/aromatic N) is 2. The molecule has 2 heterocycles. The maximum absolute atomic E-state index is 12.0. The highest BCUT2D eigenvalue weighted by Crippen LogP contribution is 2.31. The van der Waals surface area contributed by atoms with E-state index in [-0.39, 0.29) is 24.0 Å². The average molecular weight is 262 g/mol. The monoisotopic (exact) mass is 262 g/mol. The number of hydrogen-bond donors (Lipinski definition) is 2. The first kappa shape index (κ1) is 14.0. The van der Waals surface area contributed by atoms with Gasteiger partial charge in [0.15, 0.2) is 0 Å². The topological polar surface area (TPSA) is 71.2 Å². The Hall–Kier alpha value is -1.46. The average Bonchev–Trinajstić information content (AvgIpc) is 2.88. The van der Waals surface area contributed by atoms with Crippen LogP contribution in [0.15, 0.2) is 24.5 Å². The zero-order valence-electron chi connectivity index (χ0n) is 11.5. The van der Waals surface area contributed by atoms with Crippen LogP contribution in [0.3, 0.4) is 0 Å². The Bertz CT molecular complexity index is 421. The Morgan fingerprint density at radius 3 is 2.79 bits per heavy atom. The van der Waals surface area contributed by atoms with Gasteiger partial charge in [0.2, 0.25) is 5.91 Å². The van der Waals surface area contributed by atoms with Gasteiger partial charge in [0.05, 0.1) is 12.1 Å². The molecule has 3 unspecified atom stereocenters. The number of rotatable bonds is 4. The normalized spacial score (nSPS) is 23.0. The molecule has 5 heteroatoms. The standard InChI is InChI=1S/C14H22N4O/c1-10(15)13(11-5-7-17-8-6-11)18-9-3-4-12(18)14(19)16-2/h5-8,10,12-13H,3-4,9,15H2,1-2H3,(H,16,19). The second kappa shape index (κ2) is 6.12. The zero-order chi connectivity index (χ0) is 13.8. The summed E-state index contributed by atoms with van der Waals surface area (Å²) in [5.41, 5.74) is 7.28. The molecular formula is C14H22N4O. The highest BCUT2D eigenvalue weighted by molar-refractivity contribution is 5.81. The lowest BCUT2D eigenvalue weighted by Gasteiger charge is -2.35. The van der Waals surface area contributed by atoms with Crippen molar-refractivity contribution < 1.29 is 4.79 Å². The molecule has 1 fully saturated rings. The molecule has 0 saturated carbocycles. The van der Waals surface area contributed by atoms with Gasteiger partial charge in [-0.1, -0.05) is 0 Å². The molecule has 1 aliphatic rings. The number of nitrogens with one attached hydrogen (secondary N) is 1. The number of likely N-dealkylation sites (N-methyl/N-ethyl adjacent to an activating group) is 1. The Balaban J connectivity index is 2.27. The number of carbonyl (C=O) groups is 1. The molecule has 1 aliphatic heterocycles. The molecular weight excluding hydrogens is 240 g/mol. The van der Waals surface area contributed by atoms with Gasteiger partial charge in [-0.15, -0.1) is 0 Å². The second-order valence-electron chi connectivity index (χ2n) is 5.09. The molecule has 1 aromatic rings. The molecule has 1 aromatic heterocycles. The molecule has 19 heavy (non-hydrogen) atoms. The Labute approximate surface area is 114 Å². The van der Waals surface area contributed by atoms with E-state index in [4.69, 9.17) is 5.73 Å². The summed E-state index contributed by atoms with van der Waals surface area (Å²) >= 11 is 0. The predicted molar refractivity (Wildman–Crippen MR) is 74.4 cm³/mol.